The Hall–Kier alpha value is -1.72. The van der Waals surface area contributed by atoms with Crippen molar-refractivity contribution in [3.8, 4) is 0 Å². The first-order chi connectivity index (χ1) is 5.79. The molecule has 0 atom stereocenters. The SMILES string of the molecule is Cn1cncn1.Cn1cnnc1. The van der Waals surface area contributed by atoms with E-state index in [0.717, 1.165) is 0 Å². The molecule has 0 spiro atoms. The van der Waals surface area contributed by atoms with Crippen molar-refractivity contribution in [2.45, 2.75) is 0 Å². The Bertz CT molecular complexity index is 251. The molecule has 0 amide bonds. The molecular formula is C6H10N6. The Morgan fingerprint density at radius 2 is 1.67 bits per heavy atom. The number of hydrogen-bond donors (Lipinski definition) is 0. The van der Waals surface area contributed by atoms with E-state index < -0.39 is 0 Å². The lowest BCUT2D eigenvalue weighted by atomic mass is 11.1. The van der Waals surface area contributed by atoms with Crippen molar-refractivity contribution >= 4 is 0 Å². The quantitative estimate of drug-likeness (QED) is 0.535. The fourth-order valence-electron chi connectivity index (χ4n) is 0.520. The number of aromatic nitrogens is 6. The van der Waals surface area contributed by atoms with Crippen LogP contribution in [0.3, 0.4) is 0 Å². The van der Waals surface area contributed by atoms with Gasteiger partial charge in [0, 0.05) is 14.1 Å². The van der Waals surface area contributed by atoms with Gasteiger partial charge in [-0.3, -0.25) is 4.68 Å². The summed E-state index contributed by atoms with van der Waals surface area (Å²) in [5, 5.41) is 10.8. The largest absolute Gasteiger partial charge is 0.323 e. The summed E-state index contributed by atoms with van der Waals surface area (Å²) in [6, 6.07) is 0. The van der Waals surface area contributed by atoms with Crippen LogP contribution in [-0.4, -0.2) is 29.5 Å². The van der Waals surface area contributed by atoms with E-state index in [1.54, 1.807) is 28.2 Å². The van der Waals surface area contributed by atoms with Gasteiger partial charge in [-0.15, -0.1) is 10.2 Å². The minimum atomic E-state index is 1.50. The van der Waals surface area contributed by atoms with Crippen molar-refractivity contribution < 1.29 is 0 Å². The van der Waals surface area contributed by atoms with Gasteiger partial charge in [0.05, 0.1) is 0 Å². The molecule has 0 aliphatic heterocycles. The highest BCUT2D eigenvalue weighted by molar-refractivity contribution is 4.52. The molecular weight excluding hydrogens is 156 g/mol. The molecule has 64 valence electrons. The van der Waals surface area contributed by atoms with Crippen LogP contribution in [0.25, 0.3) is 0 Å². The van der Waals surface area contributed by atoms with E-state index in [2.05, 4.69) is 20.3 Å². The maximum absolute atomic E-state index is 3.72. The minimum absolute atomic E-state index is 1.50. The lowest BCUT2D eigenvalue weighted by molar-refractivity contribution is 0.765. The van der Waals surface area contributed by atoms with Crippen LogP contribution in [-0.2, 0) is 14.1 Å². The smallest absolute Gasteiger partial charge is 0.137 e. The fraction of sp³-hybridized carbons (Fsp3) is 0.333. The maximum atomic E-state index is 3.72. The van der Waals surface area contributed by atoms with Crippen LogP contribution < -0.4 is 0 Å². The van der Waals surface area contributed by atoms with E-state index in [0.29, 0.717) is 0 Å². The van der Waals surface area contributed by atoms with Crippen molar-refractivity contribution in [3.63, 3.8) is 0 Å². The molecule has 0 saturated heterocycles. The second-order valence-electron chi connectivity index (χ2n) is 2.20. The number of hydrogen-bond acceptors (Lipinski definition) is 4. The fourth-order valence-corrected chi connectivity index (χ4v) is 0.520. The van der Waals surface area contributed by atoms with Gasteiger partial charge < -0.3 is 4.57 Å². The molecule has 6 nitrogen and oxygen atoms in total. The maximum Gasteiger partial charge on any atom is 0.137 e. The van der Waals surface area contributed by atoms with Crippen LogP contribution in [0.15, 0.2) is 25.3 Å². The van der Waals surface area contributed by atoms with Crippen LogP contribution >= 0.6 is 0 Å². The summed E-state index contributed by atoms with van der Waals surface area (Å²) >= 11 is 0. The highest BCUT2D eigenvalue weighted by atomic mass is 15.3. The lowest BCUT2D eigenvalue weighted by Crippen LogP contribution is -1.83. The molecule has 0 unspecified atom stereocenters. The highest BCUT2D eigenvalue weighted by Gasteiger charge is 1.71. The van der Waals surface area contributed by atoms with Gasteiger partial charge in [-0.05, 0) is 0 Å². The van der Waals surface area contributed by atoms with E-state index in [4.69, 9.17) is 0 Å². The molecule has 0 aliphatic carbocycles. The zero-order valence-electron chi connectivity index (χ0n) is 6.99. The zero-order valence-corrected chi connectivity index (χ0v) is 6.99. The molecule has 0 aromatic carbocycles. The van der Waals surface area contributed by atoms with Gasteiger partial charge in [0.15, 0.2) is 0 Å². The summed E-state index contributed by atoms with van der Waals surface area (Å²) in [5.74, 6) is 0. The van der Waals surface area contributed by atoms with Crippen molar-refractivity contribution in [2.24, 2.45) is 14.1 Å². The number of rotatable bonds is 0. The first kappa shape index (κ1) is 8.38. The Kier molecular flexibility index (Phi) is 2.95. The molecule has 0 aliphatic rings. The highest BCUT2D eigenvalue weighted by Crippen LogP contribution is 1.66. The van der Waals surface area contributed by atoms with E-state index in [1.165, 1.54) is 6.33 Å². The van der Waals surface area contributed by atoms with Crippen LogP contribution in [0.1, 0.15) is 0 Å². The predicted molar refractivity (Wildman–Crippen MR) is 42.0 cm³/mol. The minimum Gasteiger partial charge on any atom is -0.323 e. The Morgan fingerprint density at radius 3 is 1.83 bits per heavy atom. The van der Waals surface area contributed by atoms with Crippen LogP contribution in [0.2, 0.25) is 0 Å². The van der Waals surface area contributed by atoms with Gasteiger partial charge in [0.1, 0.15) is 25.3 Å². The van der Waals surface area contributed by atoms with E-state index in [-0.39, 0.29) is 0 Å². The van der Waals surface area contributed by atoms with Crippen LogP contribution in [0.4, 0.5) is 0 Å². The third-order valence-electron chi connectivity index (χ3n) is 1.07. The van der Waals surface area contributed by atoms with Crippen molar-refractivity contribution in [3.05, 3.63) is 25.3 Å². The molecule has 0 N–H and O–H groups in total. The summed E-state index contributed by atoms with van der Waals surface area (Å²) in [6.07, 6.45) is 6.42. The van der Waals surface area contributed by atoms with Crippen molar-refractivity contribution in [1.29, 1.82) is 0 Å². The monoisotopic (exact) mass is 166 g/mol. The van der Waals surface area contributed by atoms with E-state index >= 15 is 0 Å². The number of nitrogens with zero attached hydrogens (tertiary/aromatic N) is 6. The van der Waals surface area contributed by atoms with Gasteiger partial charge in [0.2, 0.25) is 0 Å². The Labute approximate surface area is 69.9 Å². The van der Waals surface area contributed by atoms with E-state index in [9.17, 15) is 0 Å². The second kappa shape index (κ2) is 4.22. The average molecular weight is 166 g/mol. The standard InChI is InChI=1S/2C3H5N3/c1-6-2-4-5-3-6;1-6-3-4-2-5-6/h2*2-3H,1H3. The van der Waals surface area contributed by atoms with Gasteiger partial charge in [-0.25, -0.2) is 4.98 Å². The summed E-state index contributed by atoms with van der Waals surface area (Å²) < 4.78 is 3.42. The Balaban J connectivity index is 0.000000120. The predicted octanol–water partition coefficient (Wildman–Crippen LogP) is -0.370. The van der Waals surface area contributed by atoms with E-state index in [1.807, 2.05) is 14.1 Å². The normalized spacial score (nSPS) is 8.83. The first-order valence-corrected chi connectivity index (χ1v) is 3.36. The van der Waals surface area contributed by atoms with Crippen LogP contribution in [0.5, 0.6) is 0 Å². The van der Waals surface area contributed by atoms with Crippen molar-refractivity contribution in [1.82, 2.24) is 29.5 Å². The molecule has 6 heteroatoms. The topological polar surface area (TPSA) is 61.4 Å². The third-order valence-corrected chi connectivity index (χ3v) is 1.07. The third kappa shape index (κ3) is 2.91. The second-order valence-corrected chi connectivity index (χ2v) is 2.20. The summed E-state index contributed by atoms with van der Waals surface area (Å²) in [7, 11) is 3.70. The molecule has 12 heavy (non-hydrogen) atoms. The van der Waals surface area contributed by atoms with Gasteiger partial charge in [-0.1, -0.05) is 0 Å². The molecule has 0 bridgehead atoms. The lowest BCUT2D eigenvalue weighted by Gasteiger charge is -1.74. The Morgan fingerprint density at radius 1 is 1.00 bits per heavy atom. The average Bonchev–Trinajstić information content (AvgIpc) is 2.63. The van der Waals surface area contributed by atoms with Crippen LogP contribution in [0, 0.1) is 0 Å². The first-order valence-electron chi connectivity index (χ1n) is 3.36. The van der Waals surface area contributed by atoms with Gasteiger partial charge >= 0.3 is 0 Å². The zero-order chi connectivity index (χ0) is 8.81. The molecule has 0 fully saturated rings. The molecule has 0 radical (unpaired) electrons. The van der Waals surface area contributed by atoms with Crippen molar-refractivity contribution in [2.75, 3.05) is 0 Å². The molecule has 2 aromatic rings. The molecule has 2 heterocycles. The number of aryl methyl sites for hydroxylation is 2. The summed E-state index contributed by atoms with van der Waals surface area (Å²) in [5.41, 5.74) is 0. The molecule has 0 saturated carbocycles. The van der Waals surface area contributed by atoms with Gasteiger partial charge in [-0.2, -0.15) is 5.10 Å². The summed E-state index contributed by atoms with van der Waals surface area (Å²) in [4.78, 5) is 3.67. The summed E-state index contributed by atoms with van der Waals surface area (Å²) in [6.45, 7) is 0. The molecule has 2 rings (SSSR count). The van der Waals surface area contributed by atoms with Gasteiger partial charge in [0.25, 0.3) is 0 Å². The molecule has 2 aromatic heterocycles.